The lowest BCUT2D eigenvalue weighted by Crippen LogP contribution is -2.35. The zero-order valence-electron chi connectivity index (χ0n) is 8.57. The number of azide groups is 1. The van der Waals surface area contributed by atoms with E-state index in [0.29, 0.717) is 6.54 Å². The van der Waals surface area contributed by atoms with Gasteiger partial charge in [-0.15, -0.1) is 0 Å². The minimum atomic E-state index is -2.65. The van der Waals surface area contributed by atoms with E-state index in [2.05, 4.69) is 10.0 Å². The minimum absolute atomic E-state index is 0.183. The Morgan fingerprint density at radius 2 is 2.40 bits per heavy atom. The van der Waals surface area contributed by atoms with Crippen LogP contribution >= 0.6 is 0 Å². The number of ether oxygens (including phenoxy) is 1. The third-order valence-electron chi connectivity index (χ3n) is 2.39. The van der Waals surface area contributed by atoms with Crippen LogP contribution < -0.4 is 0 Å². The van der Waals surface area contributed by atoms with Gasteiger partial charge in [-0.3, -0.25) is 4.90 Å². The fraction of sp³-hybridized carbons (Fsp3) is 1.00. The highest BCUT2D eigenvalue weighted by Gasteiger charge is 2.44. The molecule has 1 atom stereocenters. The van der Waals surface area contributed by atoms with Gasteiger partial charge in [-0.1, -0.05) is 5.11 Å². The maximum absolute atomic E-state index is 13.1. The molecule has 1 aliphatic heterocycles. The average molecular weight is 220 g/mol. The second kappa shape index (κ2) is 5.25. The average Bonchev–Trinajstić information content (AvgIpc) is 2.42. The van der Waals surface area contributed by atoms with Gasteiger partial charge in [0, 0.05) is 37.6 Å². The summed E-state index contributed by atoms with van der Waals surface area (Å²) in [6.07, 6.45) is -0.183. The van der Waals surface area contributed by atoms with E-state index < -0.39 is 5.92 Å². The number of nitrogens with zero attached hydrogens (tertiary/aromatic N) is 4. The van der Waals surface area contributed by atoms with Gasteiger partial charge in [-0.25, -0.2) is 8.78 Å². The molecule has 0 aliphatic carbocycles. The van der Waals surface area contributed by atoms with Crippen LogP contribution in [-0.4, -0.2) is 50.2 Å². The van der Waals surface area contributed by atoms with E-state index in [-0.39, 0.29) is 32.2 Å². The summed E-state index contributed by atoms with van der Waals surface area (Å²) in [6.45, 7) is 0.578. The molecule has 15 heavy (non-hydrogen) atoms. The zero-order valence-corrected chi connectivity index (χ0v) is 8.57. The van der Waals surface area contributed by atoms with Crippen molar-refractivity contribution in [3.8, 4) is 0 Å². The first-order chi connectivity index (χ1) is 7.09. The number of likely N-dealkylation sites (tertiary alicyclic amines) is 1. The molecular formula is C8H14F2N4O. The van der Waals surface area contributed by atoms with Crippen LogP contribution in [0.2, 0.25) is 0 Å². The molecule has 0 bridgehead atoms. The van der Waals surface area contributed by atoms with Gasteiger partial charge in [-0.2, -0.15) is 0 Å². The Kier molecular flexibility index (Phi) is 4.26. The van der Waals surface area contributed by atoms with Crippen molar-refractivity contribution in [1.82, 2.24) is 4.90 Å². The van der Waals surface area contributed by atoms with Crippen LogP contribution in [0.3, 0.4) is 0 Å². The predicted molar refractivity (Wildman–Crippen MR) is 50.8 cm³/mol. The van der Waals surface area contributed by atoms with Crippen molar-refractivity contribution in [1.29, 1.82) is 0 Å². The second-order valence-electron chi connectivity index (χ2n) is 3.59. The molecule has 1 heterocycles. The Morgan fingerprint density at radius 1 is 1.67 bits per heavy atom. The van der Waals surface area contributed by atoms with E-state index in [0.717, 1.165) is 0 Å². The summed E-state index contributed by atoms with van der Waals surface area (Å²) in [5, 5.41) is 3.33. The van der Waals surface area contributed by atoms with Gasteiger partial charge in [0.1, 0.15) is 0 Å². The van der Waals surface area contributed by atoms with Crippen LogP contribution in [0, 0.1) is 0 Å². The standard InChI is InChI=1S/C8H14F2N4O/c1-15-5-7-4-8(9,10)6-14(7)3-2-12-13-11/h7H,2-6H2,1H3/t7-/m1/s1. The third kappa shape index (κ3) is 3.62. The molecule has 1 rings (SSSR count). The molecule has 7 heteroatoms. The van der Waals surface area contributed by atoms with Crippen molar-refractivity contribution < 1.29 is 13.5 Å². The zero-order chi connectivity index (χ0) is 11.3. The van der Waals surface area contributed by atoms with Crippen molar-refractivity contribution in [3.63, 3.8) is 0 Å². The Balaban J connectivity index is 2.48. The van der Waals surface area contributed by atoms with Gasteiger partial charge in [0.15, 0.2) is 0 Å². The fourth-order valence-corrected chi connectivity index (χ4v) is 1.80. The maximum Gasteiger partial charge on any atom is 0.262 e. The molecular weight excluding hydrogens is 206 g/mol. The molecule has 0 unspecified atom stereocenters. The van der Waals surface area contributed by atoms with Crippen molar-refractivity contribution in [3.05, 3.63) is 10.4 Å². The smallest absolute Gasteiger partial charge is 0.262 e. The van der Waals surface area contributed by atoms with Crippen molar-refractivity contribution in [2.45, 2.75) is 18.4 Å². The Labute approximate surface area is 86.6 Å². The molecule has 1 fully saturated rings. The van der Waals surface area contributed by atoms with Crippen LogP contribution in [0.15, 0.2) is 5.11 Å². The topological polar surface area (TPSA) is 61.2 Å². The van der Waals surface area contributed by atoms with E-state index >= 15 is 0 Å². The largest absolute Gasteiger partial charge is 0.383 e. The Bertz CT molecular complexity index is 255. The minimum Gasteiger partial charge on any atom is -0.383 e. The molecule has 0 aromatic rings. The van der Waals surface area contributed by atoms with Gasteiger partial charge in [0.2, 0.25) is 0 Å². The number of hydrogen-bond donors (Lipinski definition) is 0. The van der Waals surface area contributed by atoms with E-state index in [1.807, 2.05) is 0 Å². The molecule has 1 saturated heterocycles. The van der Waals surface area contributed by atoms with Crippen molar-refractivity contribution in [2.24, 2.45) is 5.11 Å². The molecule has 0 aromatic heterocycles. The van der Waals surface area contributed by atoms with Gasteiger partial charge in [-0.05, 0) is 5.53 Å². The Hall–Kier alpha value is -0.910. The monoisotopic (exact) mass is 220 g/mol. The summed E-state index contributed by atoms with van der Waals surface area (Å²) < 4.78 is 31.0. The normalized spacial score (nSPS) is 25.1. The summed E-state index contributed by atoms with van der Waals surface area (Å²) in [4.78, 5) is 4.19. The molecule has 0 N–H and O–H groups in total. The van der Waals surface area contributed by atoms with E-state index in [1.165, 1.54) is 7.11 Å². The highest BCUT2D eigenvalue weighted by molar-refractivity contribution is 4.90. The highest BCUT2D eigenvalue weighted by atomic mass is 19.3. The first-order valence-electron chi connectivity index (χ1n) is 4.71. The number of rotatable bonds is 5. The number of methoxy groups -OCH3 is 1. The Morgan fingerprint density at radius 3 is 3.00 bits per heavy atom. The lowest BCUT2D eigenvalue weighted by Gasteiger charge is -2.21. The molecule has 0 spiro atoms. The van der Waals surface area contributed by atoms with Crippen LogP contribution in [-0.2, 0) is 4.74 Å². The first-order valence-corrected chi connectivity index (χ1v) is 4.71. The van der Waals surface area contributed by atoms with Gasteiger partial charge in [0.25, 0.3) is 5.92 Å². The van der Waals surface area contributed by atoms with E-state index in [9.17, 15) is 8.78 Å². The summed E-state index contributed by atoms with van der Waals surface area (Å²) in [6, 6.07) is -0.279. The van der Waals surface area contributed by atoms with Gasteiger partial charge in [0.05, 0.1) is 13.2 Å². The second-order valence-corrected chi connectivity index (χ2v) is 3.59. The van der Waals surface area contributed by atoms with Crippen molar-refractivity contribution >= 4 is 0 Å². The summed E-state index contributed by atoms with van der Waals surface area (Å²) >= 11 is 0. The van der Waals surface area contributed by atoms with Gasteiger partial charge >= 0.3 is 0 Å². The molecule has 0 radical (unpaired) electrons. The SMILES string of the molecule is COC[C@H]1CC(F)(F)CN1CCN=[N+]=[N-]. The summed E-state index contributed by atoms with van der Waals surface area (Å²) in [5.74, 6) is -2.65. The molecule has 1 aliphatic rings. The highest BCUT2D eigenvalue weighted by Crippen LogP contribution is 2.31. The molecule has 86 valence electrons. The van der Waals surface area contributed by atoms with Crippen LogP contribution in [0.1, 0.15) is 6.42 Å². The first kappa shape index (κ1) is 12.2. The maximum atomic E-state index is 13.1. The molecule has 0 amide bonds. The number of alkyl halides is 2. The fourth-order valence-electron chi connectivity index (χ4n) is 1.80. The summed E-state index contributed by atoms with van der Waals surface area (Å²) in [7, 11) is 1.49. The number of hydrogen-bond acceptors (Lipinski definition) is 3. The van der Waals surface area contributed by atoms with Crippen LogP contribution in [0.25, 0.3) is 10.4 Å². The summed E-state index contributed by atoms with van der Waals surface area (Å²) in [5.41, 5.74) is 8.08. The van der Waals surface area contributed by atoms with Crippen molar-refractivity contribution in [2.75, 3.05) is 33.4 Å². The van der Waals surface area contributed by atoms with E-state index in [1.54, 1.807) is 4.90 Å². The van der Waals surface area contributed by atoms with Crippen LogP contribution in [0.4, 0.5) is 8.78 Å². The third-order valence-corrected chi connectivity index (χ3v) is 2.39. The molecule has 5 nitrogen and oxygen atoms in total. The van der Waals surface area contributed by atoms with E-state index in [4.69, 9.17) is 10.3 Å². The predicted octanol–water partition coefficient (Wildman–Crippen LogP) is 1.65. The molecule has 0 aromatic carbocycles. The molecule has 0 saturated carbocycles. The van der Waals surface area contributed by atoms with Gasteiger partial charge < -0.3 is 4.74 Å². The lowest BCUT2D eigenvalue weighted by atomic mass is 10.2. The lowest BCUT2D eigenvalue weighted by molar-refractivity contribution is 0.0119. The van der Waals surface area contributed by atoms with Crippen LogP contribution in [0.5, 0.6) is 0 Å². The number of halogens is 2. The quantitative estimate of drug-likeness (QED) is 0.402.